The van der Waals surface area contributed by atoms with Crippen molar-refractivity contribution in [3.63, 3.8) is 0 Å². The third-order valence-electron chi connectivity index (χ3n) is 6.17. The molecule has 3 heterocycles. The van der Waals surface area contributed by atoms with Crippen molar-refractivity contribution < 1.29 is 4.74 Å². The summed E-state index contributed by atoms with van der Waals surface area (Å²) in [6, 6.07) is 1.59. The highest BCUT2D eigenvalue weighted by Crippen LogP contribution is 2.31. The Labute approximate surface area is 169 Å². The van der Waals surface area contributed by atoms with E-state index in [1.165, 1.54) is 38.8 Å². The predicted molar refractivity (Wildman–Crippen MR) is 112 cm³/mol. The van der Waals surface area contributed by atoms with E-state index in [1.807, 2.05) is 7.05 Å². The molecule has 3 saturated heterocycles. The van der Waals surface area contributed by atoms with Crippen molar-refractivity contribution in [2.24, 2.45) is 10.9 Å². The minimum absolute atomic E-state index is 0. The van der Waals surface area contributed by atoms with Gasteiger partial charge in [-0.1, -0.05) is 0 Å². The van der Waals surface area contributed by atoms with Gasteiger partial charge in [-0.3, -0.25) is 9.89 Å². The van der Waals surface area contributed by atoms with E-state index in [0.29, 0.717) is 6.04 Å². The van der Waals surface area contributed by atoms with Gasteiger partial charge in [0.1, 0.15) is 0 Å². The van der Waals surface area contributed by atoms with Gasteiger partial charge in [0.05, 0.1) is 13.2 Å². The fourth-order valence-electron chi connectivity index (χ4n) is 4.54. The third kappa shape index (κ3) is 4.99. The van der Waals surface area contributed by atoms with Gasteiger partial charge in [0.25, 0.3) is 0 Å². The molecule has 25 heavy (non-hydrogen) atoms. The number of nitrogens with one attached hydrogen (secondary N) is 1. The van der Waals surface area contributed by atoms with Crippen LogP contribution in [-0.2, 0) is 4.74 Å². The van der Waals surface area contributed by atoms with Crippen LogP contribution in [0.3, 0.4) is 0 Å². The smallest absolute Gasteiger partial charge is 0.193 e. The van der Waals surface area contributed by atoms with Crippen molar-refractivity contribution in [2.75, 3.05) is 66.1 Å². The van der Waals surface area contributed by atoms with Gasteiger partial charge in [0, 0.05) is 58.4 Å². The van der Waals surface area contributed by atoms with Gasteiger partial charge in [-0.15, -0.1) is 24.0 Å². The first-order valence-corrected chi connectivity index (χ1v) is 9.85. The molecule has 3 aliphatic heterocycles. The maximum atomic E-state index is 5.48. The number of rotatable bonds is 4. The molecule has 4 aliphatic rings. The molecule has 0 aromatic carbocycles. The van der Waals surface area contributed by atoms with Crippen LogP contribution in [0.25, 0.3) is 0 Å². The third-order valence-corrected chi connectivity index (χ3v) is 6.17. The molecule has 0 radical (unpaired) electrons. The van der Waals surface area contributed by atoms with Crippen molar-refractivity contribution in [2.45, 2.75) is 37.8 Å². The van der Waals surface area contributed by atoms with E-state index >= 15 is 0 Å². The zero-order chi connectivity index (χ0) is 16.4. The lowest BCUT2D eigenvalue weighted by molar-refractivity contribution is 0.0195. The van der Waals surface area contributed by atoms with Gasteiger partial charge in [-0.25, -0.2) is 0 Å². The molecule has 1 aliphatic carbocycles. The Kier molecular flexibility index (Phi) is 7.22. The Morgan fingerprint density at radius 3 is 2.48 bits per heavy atom. The zero-order valence-corrected chi connectivity index (χ0v) is 17.9. The highest BCUT2D eigenvalue weighted by molar-refractivity contribution is 14.0. The van der Waals surface area contributed by atoms with Crippen LogP contribution in [0.15, 0.2) is 4.99 Å². The topological polar surface area (TPSA) is 43.3 Å². The van der Waals surface area contributed by atoms with E-state index in [9.17, 15) is 0 Å². The predicted octanol–water partition coefficient (Wildman–Crippen LogP) is 1.07. The first-order chi connectivity index (χ1) is 11.8. The van der Waals surface area contributed by atoms with Gasteiger partial charge >= 0.3 is 0 Å². The van der Waals surface area contributed by atoms with Crippen LogP contribution >= 0.6 is 24.0 Å². The molecule has 1 N–H and O–H groups in total. The highest BCUT2D eigenvalue weighted by atomic mass is 127. The van der Waals surface area contributed by atoms with E-state index in [-0.39, 0.29) is 24.0 Å². The Morgan fingerprint density at radius 2 is 1.76 bits per heavy atom. The second-order valence-electron chi connectivity index (χ2n) is 7.85. The minimum atomic E-state index is 0. The number of morpholine rings is 1. The number of hydrogen-bond acceptors (Lipinski definition) is 4. The Balaban J connectivity index is 0.00000182. The van der Waals surface area contributed by atoms with Gasteiger partial charge in [-0.2, -0.15) is 0 Å². The van der Waals surface area contributed by atoms with Crippen LogP contribution in [0.5, 0.6) is 0 Å². The number of guanidine groups is 1. The lowest BCUT2D eigenvalue weighted by Gasteiger charge is -2.32. The second-order valence-corrected chi connectivity index (χ2v) is 7.85. The summed E-state index contributed by atoms with van der Waals surface area (Å²) in [4.78, 5) is 12.3. The molecule has 4 rings (SSSR count). The molecule has 6 nitrogen and oxygen atoms in total. The fraction of sp³-hybridized carbons (Fsp3) is 0.944. The maximum Gasteiger partial charge on any atom is 0.193 e. The van der Waals surface area contributed by atoms with Gasteiger partial charge < -0.3 is 19.9 Å². The molecular weight excluding hydrogens is 429 g/mol. The molecule has 0 aromatic heterocycles. The Morgan fingerprint density at radius 1 is 0.960 bits per heavy atom. The van der Waals surface area contributed by atoms with E-state index in [1.54, 1.807) is 0 Å². The molecule has 4 fully saturated rings. The molecule has 0 bridgehead atoms. The van der Waals surface area contributed by atoms with Crippen LogP contribution in [0.4, 0.5) is 0 Å². The average Bonchev–Trinajstić information content (AvgIpc) is 3.17. The quantitative estimate of drug-likeness (QED) is 0.384. The van der Waals surface area contributed by atoms with Crippen molar-refractivity contribution >= 4 is 29.9 Å². The summed E-state index contributed by atoms with van der Waals surface area (Å²) in [6.07, 6.45) is 5.45. The number of hydrogen-bond donors (Lipinski definition) is 1. The molecule has 1 saturated carbocycles. The Hall–Kier alpha value is -0.120. The summed E-state index contributed by atoms with van der Waals surface area (Å²) in [5.74, 6) is 1.90. The molecule has 0 aromatic rings. The standard InChI is InChI=1S/C18H33N5O.HI/c1-19-18(20-12-15-4-6-22(13-15)16-2-3-16)23-7-5-17(14-23)21-8-10-24-11-9-21;/h15-17H,2-14H2,1H3,(H,19,20);1H. The molecule has 144 valence electrons. The molecular formula is C18H34IN5O. The van der Waals surface area contributed by atoms with Crippen molar-refractivity contribution in [3.8, 4) is 0 Å². The second kappa shape index (κ2) is 9.19. The summed E-state index contributed by atoms with van der Waals surface area (Å²) >= 11 is 0. The van der Waals surface area contributed by atoms with Crippen LogP contribution in [0.1, 0.15) is 25.7 Å². The fourth-order valence-corrected chi connectivity index (χ4v) is 4.54. The molecule has 2 unspecified atom stereocenters. The summed E-state index contributed by atoms with van der Waals surface area (Å²) in [7, 11) is 1.93. The van der Waals surface area contributed by atoms with Crippen LogP contribution in [0, 0.1) is 5.92 Å². The number of aliphatic imine (C=N–C) groups is 1. The number of halogens is 1. The van der Waals surface area contributed by atoms with Gasteiger partial charge in [0.15, 0.2) is 5.96 Å². The van der Waals surface area contributed by atoms with Crippen molar-refractivity contribution in [3.05, 3.63) is 0 Å². The summed E-state index contributed by atoms with van der Waals surface area (Å²) in [5, 5.41) is 3.66. The number of likely N-dealkylation sites (tertiary alicyclic amines) is 2. The average molecular weight is 463 g/mol. The minimum Gasteiger partial charge on any atom is -0.379 e. The molecule has 2 atom stereocenters. The first kappa shape index (κ1) is 19.6. The number of ether oxygens (including phenoxy) is 1. The van der Waals surface area contributed by atoms with Crippen molar-refractivity contribution in [1.82, 2.24) is 20.0 Å². The highest BCUT2D eigenvalue weighted by Gasteiger charge is 2.35. The summed E-state index contributed by atoms with van der Waals surface area (Å²) < 4.78 is 5.48. The maximum absolute atomic E-state index is 5.48. The van der Waals surface area contributed by atoms with Crippen LogP contribution in [-0.4, -0.2) is 98.8 Å². The van der Waals surface area contributed by atoms with E-state index in [2.05, 4.69) is 25.0 Å². The molecule has 7 heteroatoms. The van der Waals surface area contributed by atoms with Gasteiger partial charge in [0.2, 0.25) is 0 Å². The first-order valence-electron chi connectivity index (χ1n) is 9.85. The van der Waals surface area contributed by atoms with E-state index in [4.69, 9.17) is 4.74 Å². The SMILES string of the molecule is CN=C(NCC1CCN(C2CC2)C1)N1CCC(N2CCOCC2)C1.I. The normalized spacial score (nSPS) is 32.0. The molecule has 0 amide bonds. The zero-order valence-electron chi connectivity index (χ0n) is 15.5. The largest absolute Gasteiger partial charge is 0.379 e. The van der Waals surface area contributed by atoms with Crippen LogP contribution < -0.4 is 5.32 Å². The Bertz CT molecular complexity index is 453. The lowest BCUT2D eigenvalue weighted by atomic mass is 10.1. The lowest BCUT2D eigenvalue weighted by Crippen LogP contribution is -2.47. The number of nitrogens with zero attached hydrogens (tertiary/aromatic N) is 4. The summed E-state index contributed by atoms with van der Waals surface area (Å²) in [5.41, 5.74) is 0. The van der Waals surface area contributed by atoms with E-state index in [0.717, 1.165) is 63.9 Å². The summed E-state index contributed by atoms with van der Waals surface area (Å²) in [6.45, 7) is 9.86. The van der Waals surface area contributed by atoms with Crippen molar-refractivity contribution in [1.29, 1.82) is 0 Å². The van der Waals surface area contributed by atoms with Gasteiger partial charge in [-0.05, 0) is 38.1 Å². The monoisotopic (exact) mass is 463 g/mol. The van der Waals surface area contributed by atoms with E-state index < -0.39 is 0 Å². The van der Waals surface area contributed by atoms with Crippen LogP contribution in [0.2, 0.25) is 0 Å². The molecule has 0 spiro atoms.